The van der Waals surface area contributed by atoms with E-state index in [0.717, 1.165) is 11.3 Å². The van der Waals surface area contributed by atoms with E-state index in [-0.39, 0.29) is 5.91 Å². The quantitative estimate of drug-likeness (QED) is 0.767. The van der Waals surface area contributed by atoms with Crippen LogP contribution in [-0.2, 0) is 30.8 Å². The molecule has 0 saturated heterocycles. The van der Waals surface area contributed by atoms with Crippen molar-refractivity contribution in [2.24, 2.45) is 0 Å². The summed E-state index contributed by atoms with van der Waals surface area (Å²) in [5, 5.41) is 8.56. The van der Waals surface area contributed by atoms with Crippen molar-refractivity contribution in [3.8, 4) is 0 Å². The maximum Gasteiger partial charge on any atom is 0.359 e. The molecule has 0 saturated carbocycles. The molecule has 134 valence electrons. The first kappa shape index (κ1) is 17.2. The van der Waals surface area contributed by atoms with E-state index in [9.17, 15) is 9.59 Å². The molecule has 0 fully saturated rings. The van der Waals surface area contributed by atoms with Crippen LogP contribution >= 0.6 is 0 Å². The molecule has 1 aliphatic heterocycles. The SMILES string of the molecule is CCOC(=O)c1nn(CC)c2c1CN(C(=O)c1cnn(CC)c1)CC2. The van der Waals surface area contributed by atoms with Gasteiger partial charge in [0.15, 0.2) is 5.69 Å². The number of aromatic nitrogens is 4. The van der Waals surface area contributed by atoms with Gasteiger partial charge in [0.25, 0.3) is 5.91 Å². The third-order valence-corrected chi connectivity index (χ3v) is 4.39. The Bertz CT molecular complexity index is 792. The van der Waals surface area contributed by atoms with E-state index in [4.69, 9.17) is 4.74 Å². The number of hydrogen-bond donors (Lipinski definition) is 0. The van der Waals surface area contributed by atoms with E-state index < -0.39 is 5.97 Å². The van der Waals surface area contributed by atoms with Crippen molar-refractivity contribution < 1.29 is 14.3 Å². The van der Waals surface area contributed by atoms with Crippen molar-refractivity contribution in [1.29, 1.82) is 0 Å². The number of hydrogen-bond acceptors (Lipinski definition) is 5. The number of carbonyl (C=O) groups excluding carboxylic acids is 2. The van der Waals surface area contributed by atoms with Gasteiger partial charge in [0.2, 0.25) is 0 Å². The summed E-state index contributed by atoms with van der Waals surface area (Å²) in [5.74, 6) is -0.511. The van der Waals surface area contributed by atoms with Crippen LogP contribution in [0, 0.1) is 0 Å². The molecule has 8 heteroatoms. The second-order valence-corrected chi connectivity index (χ2v) is 5.87. The lowest BCUT2D eigenvalue weighted by Crippen LogP contribution is -2.36. The molecule has 0 aliphatic carbocycles. The molecule has 0 radical (unpaired) electrons. The third kappa shape index (κ3) is 3.16. The monoisotopic (exact) mass is 345 g/mol. The molecule has 2 aromatic rings. The maximum atomic E-state index is 12.8. The Labute approximate surface area is 146 Å². The van der Waals surface area contributed by atoms with E-state index in [1.165, 1.54) is 0 Å². The van der Waals surface area contributed by atoms with Crippen LogP contribution in [0.25, 0.3) is 0 Å². The minimum atomic E-state index is -0.431. The van der Waals surface area contributed by atoms with Gasteiger partial charge in [0, 0.05) is 43.5 Å². The van der Waals surface area contributed by atoms with Gasteiger partial charge in [-0.25, -0.2) is 4.79 Å². The Hall–Kier alpha value is -2.64. The van der Waals surface area contributed by atoms with Crippen LogP contribution in [0.1, 0.15) is 52.9 Å². The maximum absolute atomic E-state index is 12.8. The normalized spacial score (nSPS) is 13.6. The van der Waals surface area contributed by atoms with Crippen molar-refractivity contribution in [1.82, 2.24) is 24.5 Å². The van der Waals surface area contributed by atoms with Crippen molar-refractivity contribution in [3.05, 3.63) is 34.9 Å². The highest BCUT2D eigenvalue weighted by molar-refractivity contribution is 5.94. The minimum Gasteiger partial charge on any atom is -0.461 e. The van der Waals surface area contributed by atoms with Crippen LogP contribution in [0.3, 0.4) is 0 Å². The first-order valence-electron chi connectivity index (χ1n) is 8.66. The van der Waals surface area contributed by atoms with Crippen LogP contribution in [0.5, 0.6) is 0 Å². The zero-order valence-electron chi connectivity index (χ0n) is 14.9. The molecule has 2 aromatic heterocycles. The molecule has 0 N–H and O–H groups in total. The molecule has 1 amide bonds. The Kier molecular flexibility index (Phi) is 4.87. The topological polar surface area (TPSA) is 82.2 Å². The second-order valence-electron chi connectivity index (χ2n) is 5.87. The van der Waals surface area contributed by atoms with Gasteiger partial charge in [0.05, 0.1) is 24.9 Å². The van der Waals surface area contributed by atoms with E-state index in [2.05, 4.69) is 10.2 Å². The van der Waals surface area contributed by atoms with Crippen LogP contribution in [0.4, 0.5) is 0 Å². The lowest BCUT2D eigenvalue weighted by atomic mass is 10.0. The Morgan fingerprint density at radius 1 is 1.24 bits per heavy atom. The largest absolute Gasteiger partial charge is 0.461 e. The molecule has 3 heterocycles. The number of rotatable bonds is 5. The fourth-order valence-electron chi connectivity index (χ4n) is 3.12. The summed E-state index contributed by atoms with van der Waals surface area (Å²) < 4.78 is 8.67. The summed E-state index contributed by atoms with van der Waals surface area (Å²) in [7, 11) is 0. The smallest absolute Gasteiger partial charge is 0.359 e. The predicted molar refractivity (Wildman–Crippen MR) is 90.2 cm³/mol. The van der Waals surface area contributed by atoms with Crippen molar-refractivity contribution in [2.45, 2.75) is 46.8 Å². The highest BCUT2D eigenvalue weighted by atomic mass is 16.5. The number of aryl methyl sites for hydroxylation is 2. The summed E-state index contributed by atoms with van der Waals surface area (Å²) in [6.45, 7) is 8.37. The summed E-state index contributed by atoms with van der Waals surface area (Å²) in [6, 6.07) is 0. The first-order valence-corrected chi connectivity index (χ1v) is 8.66. The van der Waals surface area contributed by atoms with Gasteiger partial charge in [-0.3, -0.25) is 14.2 Å². The Morgan fingerprint density at radius 3 is 2.68 bits per heavy atom. The predicted octanol–water partition coefficient (Wildman–Crippen LogP) is 1.49. The van der Waals surface area contributed by atoms with Gasteiger partial charge in [-0.15, -0.1) is 0 Å². The zero-order chi connectivity index (χ0) is 18.0. The van der Waals surface area contributed by atoms with E-state index in [1.54, 1.807) is 28.9 Å². The Balaban J connectivity index is 1.87. The molecule has 1 aliphatic rings. The average Bonchev–Trinajstić information content (AvgIpc) is 3.25. The Morgan fingerprint density at radius 2 is 2.04 bits per heavy atom. The highest BCUT2D eigenvalue weighted by Crippen LogP contribution is 2.24. The summed E-state index contributed by atoms with van der Waals surface area (Å²) in [6.07, 6.45) is 4.01. The fourth-order valence-corrected chi connectivity index (χ4v) is 3.12. The fraction of sp³-hybridized carbons (Fsp3) is 0.529. The number of esters is 1. The van der Waals surface area contributed by atoms with Gasteiger partial charge in [-0.2, -0.15) is 10.2 Å². The molecule has 0 spiro atoms. The standard InChI is InChI=1S/C17H23N5O3/c1-4-21-10-12(9-18-21)16(23)20-8-7-14-13(11-20)15(17(24)25-6-3)19-22(14)5-2/h9-10H,4-8,11H2,1-3H3. The molecule has 0 aromatic carbocycles. The summed E-state index contributed by atoms with van der Waals surface area (Å²) >= 11 is 0. The zero-order valence-corrected chi connectivity index (χ0v) is 14.9. The van der Waals surface area contributed by atoms with Gasteiger partial charge < -0.3 is 9.64 Å². The average molecular weight is 345 g/mol. The first-order chi connectivity index (χ1) is 12.1. The molecule has 0 atom stereocenters. The molecule has 25 heavy (non-hydrogen) atoms. The second kappa shape index (κ2) is 7.08. The van der Waals surface area contributed by atoms with Crippen molar-refractivity contribution in [3.63, 3.8) is 0 Å². The minimum absolute atomic E-state index is 0.0793. The van der Waals surface area contributed by atoms with Crippen LogP contribution in [0.2, 0.25) is 0 Å². The third-order valence-electron chi connectivity index (χ3n) is 4.39. The van der Waals surface area contributed by atoms with Crippen LogP contribution < -0.4 is 0 Å². The molecule has 0 bridgehead atoms. The molecule has 8 nitrogen and oxygen atoms in total. The van der Waals surface area contributed by atoms with Crippen molar-refractivity contribution in [2.75, 3.05) is 13.2 Å². The van der Waals surface area contributed by atoms with Crippen molar-refractivity contribution >= 4 is 11.9 Å². The molecular weight excluding hydrogens is 322 g/mol. The van der Waals surface area contributed by atoms with Gasteiger partial charge in [-0.05, 0) is 20.8 Å². The number of nitrogens with zero attached hydrogens (tertiary/aromatic N) is 5. The van der Waals surface area contributed by atoms with Crippen LogP contribution in [-0.4, -0.2) is 49.5 Å². The molecule has 3 rings (SSSR count). The van der Waals surface area contributed by atoms with Gasteiger partial charge in [0.1, 0.15) is 0 Å². The summed E-state index contributed by atoms with van der Waals surface area (Å²) in [4.78, 5) is 26.7. The number of fused-ring (bicyclic) bond motifs is 1. The van der Waals surface area contributed by atoms with Crippen LogP contribution in [0.15, 0.2) is 12.4 Å². The van der Waals surface area contributed by atoms with E-state index >= 15 is 0 Å². The van der Waals surface area contributed by atoms with Gasteiger partial charge >= 0.3 is 5.97 Å². The number of ether oxygens (including phenoxy) is 1. The number of carbonyl (C=O) groups is 2. The highest BCUT2D eigenvalue weighted by Gasteiger charge is 2.31. The summed E-state index contributed by atoms with van der Waals surface area (Å²) in [5.41, 5.74) is 2.69. The lowest BCUT2D eigenvalue weighted by molar-refractivity contribution is 0.0513. The lowest BCUT2D eigenvalue weighted by Gasteiger charge is -2.27. The van der Waals surface area contributed by atoms with E-state index in [0.29, 0.717) is 50.5 Å². The van der Waals surface area contributed by atoms with Gasteiger partial charge in [-0.1, -0.05) is 0 Å². The molecular formula is C17H23N5O3. The number of amides is 1. The van der Waals surface area contributed by atoms with E-state index in [1.807, 2.05) is 18.5 Å². The molecule has 0 unspecified atom stereocenters.